The van der Waals surface area contributed by atoms with Gasteiger partial charge in [0.15, 0.2) is 0 Å². The summed E-state index contributed by atoms with van der Waals surface area (Å²) in [5, 5.41) is 10.4. The van der Waals surface area contributed by atoms with Crippen LogP contribution in [0.2, 0.25) is 0 Å². The number of hydrogen-bond acceptors (Lipinski definition) is 5. The molecule has 0 saturated heterocycles. The monoisotopic (exact) mass is 280 g/mol. The molecule has 1 aromatic heterocycles. The quantitative estimate of drug-likeness (QED) is 0.840. The molecule has 5 heteroatoms. The van der Waals surface area contributed by atoms with Crippen molar-refractivity contribution >= 4 is 0 Å². The molecular weight excluding hydrogens is 256 g/mol. The summed E-state index contributed by atoms with van der Waals surface area (Å²) in [4.78, 5) is 8.42. The van der Waals surface area contributed by atoms with E-state index in [-0.39, 0.29) is 0 Å². The van der Waals surface area contributed by atoms with Crippen LogP contribution in [0.15, 0.2) is 6.20 Å². The molecule has 1 aliphatic carbocycles. The zero-order valence-electron chi connectivity index (χ0n) is 12.3. The lowest BCUT2D eigenvalue weighted by molar-refractivity contribution is 0.130. The number of ether oxygens (including phenoxy) is 2. The van der Waals surface area contributed by atoms with Crippen molar-refractivity contribution < 1.29 is 14.6 Å². The van der Waals surface area contributed by atoms with Gasteiger partial charge in [-0.1, -0.05) is 38.5 Å². The summed E-state index contributed by atoms with van der Waals surface area (Å²) in [6, 6.07) is 0. The highest BCUT2D eigenvalue weighted by atomic mass is 16.5. The summed E-state index contributed by atoms with van der Waals surface area (Å²) in [6.07, 6.45) is 9.20. The van der Waals surface area contributed by atoms with Crippen molar-refractivity contribution in [2.75, 3.05) is 14.2 Å². The van der Waals surface area contributed by atoms with Gasteiger partial charge in [0.1, 0.15) is 11.8 Å². The third kappa shape index (κ3) is 3.82. The molecule has 1 heterocycles. The van der Waals surface area contributed by atoms with Gasteiger partial charge in [0.2, 0.25) is 11.8 Å². The van der Waals surface area contributed by atoms with Crippen LogP contribution in [0.1, 0.15) is 56.7 Å². The molecule has 0 amide bonds. The number of aromatic nitrogens is 2. The molecule has 0 radical (unpaired) electrons. The molecule has 1 aromatic rings. The van der Waals surface area contributed by atoms with E-state index in [0.717, 1.165) is 6.42 Å². The minimum Gasteiger partial charge on any atom is -0.480 e. The standard InChI is InChI=1S/C15H24N2O3/c1-19-13-10-16-14(15(17-13)20-2)12(18)9-11-7-5-3-4-6-8-11/h10-12,18H,3-9H2,1-2H3. The Hall–Kier alpha value is -1.36. The molecule has 20 heavy (non-hydrogen) atoms. The number of hydrogen-bond donors (Lipinski definition) is 1. The Morgan fingerprint density at radius 1 is 1.20 bits per heavy atom. The Morgan fingerprint density at radius 2 is 1.90 bits per heavy atom. The lowest BCUT2D eigenvalue weighted by Gasteiger charge is -2.19. The molecule has 2 rings (SSSR count). The summed E-state index contributed by atoms with van der Waals surface area (Å²) in [5.74, 6) is 1.32. The van der Waals surface area contributed by atoms with E-state index in [4.69, 9.17) is 9.47 Å². The number of nitrogens with zero attached hydrogens (tertiary/aromatic N) is 2. The fraction of sp³-hybridized carbons (Fsp3) is 0.733. The van der Waals surface area contributed by atoms with Crippen LogP contribution in [0.4, 0.5) is 0 Å². The van der Waals surface area contributed by atoms with E-state index in [9.17, 15) is 5.11 Å². The smallest absolute Gasteiger partial charge is 0.241 e. The van der Waals surface area contributed by atoms with Crippen molar-refractivity contribution in [1.29, 1.82) is 0 Å². The Morgan fingerprint density at radius 3 is 2.50 bits per heavy atom. The number of methoxy groups -OCH3 is 2. The first kappa shape index (κ1) is 15.0. The van der Waals surface area contributed by atoms with E-state index in [2.05, 4.69) is 9.97 Å². The lowest BCUT2D eigenvalue weighted by Crippen LogP contribution is -2.11. The number of rotatable bonds is 5. The molecular formula is C15H24N2O3. The van der Waals surface area contributed by atoms with Gasteiger partial charge in [0.05, 0.1) is 20.4 Å². The van der Waals surface area contributed by atoms with Crippen molar-refractivity contribution in [2.45, 2.75) is 51.0 Å². The molecule has 1 fully saturated rings. The van der Waals surface area contributed by atoms with E-state index in [1.165, 1.54) is 58.9 Å². The van der Waals surface area contributed by atoms with Crippen LogP contribution < -0.4 is 9.47 Å². The van der Waals surface area contributed by atoms with Crippen LogP contribution in [0, 0.1) is 5.92 Å². The fourth-order valence-electron chi connectivity index (χ4n) is 2.87. The SMILES string of the molecule is COc1cnc(C(O)CC2CCCCCC2)c(OC)n1. The van der Waals surface area contributed by atoms with Gasteiger partial charge < -0.3 is 14.6 Å². The maximum atomic E-state index is 10.4. The Bertz CT molecular complexity index is 418. The molecule has 0 bridgehead atoms. The average Bonchev–Trinajstić information content (AvgIpc) is 2.75. The van der Waals surface area contributed by atoms with Gasteiger partial charge in [-0.25, -0.2) is 4.98 Å². The minimum absolute atomic E-state index is 0.352. The van der Waals surface area contributed by atoms with E-state index in [0.29, 0.717) is 23.4 Å². The summed E-state index contributed by atoms with van der Waals surface area (Å²) < 4.78 is 10.2. The molecule has 1 unspecified atom stereocenters. The lowest BCUT2D eigenvalue weighted by atomic mass is 9.92. The van der Waals surface area contributed by atoms with E-state index in [1.54, 1.807) is 0 Å². The Balaban J connectivity index is 2.05. The first-order chi connectivity index (χ1) is 9.74. The van der Waals surface area contributed by atoms with Crippen LogP contribution in [0.5, 0.6) is 11.8 Å². The Kier molecular flexibility index (Phi) is 5.59. The summed E-state index contributed by atoms with van der Waals surface area (Å²) >= 11 is 0. The second-order valence-electron chi connectivity index (χ2n) is 5.42. The van der Waals surface area contributed by atoms with Gasteiger partial charge in [-0.2, -0.15) is 4.98 Å². The van der Waals surface area contributed by atoms with Gasteiger partial charge in [-0.3, -0.25) is 0 Å². The summed E-state index contributed by atoms with van der Waals surface area (Å²) in [7, 11) is 3.07. The van der Waals surface area contributed by atoms with Crippen molar-refractivity contribution in [1.82, 2.24) is 9.97 Å². The van der Waals surface area contributed by atoms with Crippen molar-refractivity contribution in [2.24, 2.45) is 5.92 Å². The third-order valence-corrected chi connectivity index (χ3v) is 3.99. The minimum atomic E-state index is -0.619. The highest BCUT2D eigenvalue weighted by molar-refractivity contribution is 5.24. The number of aliphatic hydroxyl groups is 1. The first-order valence-electron chi connectivity index (χ1n) is 7.37. The molecule has 5 nitrogen and oxygen atoms in total. The van der Waals surface area contributed by atoms with Crippen LogP contribution in [-0.4, -0.2) is 29.3 Å². The van der Waals surface area contributed by atoms with E-state index >= 15 is 0 Å². The predicted molar refractivity (Wildman–Crippen MR) is 75.9 cm³/mol. The molecule has 1 aliphatic rings. The second-order valence-corrected chi connectivity index (χ2v) is 5.42. The molecule has 0 spiro atoms. The summed E-state index contributed by atoms with van der Waals surface area (Å²) in [5.41, 5.74) is 0.512. The van der Waals surface area contributed by atoms with Crippen LogP contribution in [0.25, 0.3) is 0 Å². The highest BCUT2D eigenvalue weighted by Crippen LogP contribution is 2.33. The fourth-order valence-corrected chi connectivity index (χ4v) is 2.87. The van der Waals surface area contributed by atoms with Gasteiger partial charge in [0, 0.05) is 0 Å². The first-order valence-corrected chi connectivity index (χ1v) is 7.37. The topological polar surface area (TPSA) is 64.5 Å². The van der Waals surface area contributed by atoms with E-state index < -0.39 is 6.10 Å². The van der Waals surface area contributed by atoms with Crippen LogP contribution in [0.3, 0.4) is 0 Å². The zero-order chi connectivity index (χ0) is 14.4. The molecule has 1 N–H and O–H groups in total. The molecule has 1 saturated carbocycles. The Labute approximate surface area is 120 Å². The number of aliphatic hydroxyl groups excluding tert-OH is 1. The van der Waals surface area contributed by atoms with Crippen LogP contribution >= 0.6 is 0 Å². The van der Waals surface area contributed by atoms with Crippen molar-refractivity contribution in [3.63, 3.8) is 0 Å². The zero-order valence-corrected chi connectivity index (χ0v) is 12.3. The average molecular weight is 280 g/mol. The van der Waals surface area contributed by atoms with Crippen molar-refractivity contribution in [3.8, 4) is 11.8 Å². The normalized spacial score (nSPS) is 18.4. The maximum Gasteiger partial charge on any atom is 0.241 e. The molecule has 0 aliphatic heterocycles. The van der Waals surface area contributed by atoms with Gasteiger partial charge >= 0.3 is 0 Å². The van der Waals surface area contributed by atoms with Crippen LogP contribution in [-0.2, 0) is 0 Å². The van der Waals surface area contributed by atoms with Gasteiger partial charge in [-0.05, 0) is 12.3 Å². The van der Waals surface area contributed by atoms with Gasteiger partial charge in [0.25, 0.3) is 0 Å². The summed E-state index contributed by atoms with van der Waals surface area (Å²) in [6.45, 7) is 0. The molecule has 0 aromatic carbocycles. The highest BCUT2D eigenvalue weighted by Gasteiger charge is 2.22. The third-order valence-electron chi connectivity index (χ3n) is 3.99. The van der Waals surface area contributed by atoms with Crippen molar-refractivity contribution in [3.05, 3.63) is 11.9 Å². The largest absolute Gasteiger partial charge is 0.480 e. The molecule has 1 atom stereocenters. The second kappa shape index (κ2) is 7.43. The van der Waals surface area contributed by atoms with Gasteiger partial charge in [-0.15, -0.1) is 0 Å². The maximum absolute atomic E-state index is 10.4. The van der Waals surface area contributed by atoms with E-state index in [1.807, 2.05) is 0 Å². The predicted octanol–water partition coefficient (Wildman–Crippen LogP) is 2.89. The molecule has 112 valence electrons.